The van der Waals surface area contributed by atoms with Gasteiger partial charge in [-0.1, -0.05) is 53.9 Å². The van der Waals surface area contributed by atoms with Crippen LogP contribution in [0.15, 0.2) is 12.1 Å². The molecule has 0 saturated carbocycles. The lowest BCUT2D eigenvalue weighted by molar-refractivity contribution is -0.116. The number of carbonyl (C=O) groups excluding carboxylic acids is 1. The van der Waals surface area contributed by atoms with Gasteiger partial charge < -0.3 is 5.32 Å². The van der Waals surface area contributed by atoms with Crippen LogP contribution in [0.4, 0.5) is 10.1 Å². The fraction of sp³-hybridized carbons (Fsp3) is 0.720. The largest absolute Gasteiger partial charge is 0.322 e. The number of rotatable bonds is 13. The number of unbranched alkanes of at least 4 members (excludes halogenated alkanes) is 3. The number of amides is 1. The summed E-state index contributed by atoms with van der Waals surface area (Å²) in [5.41, 5.74) is 2.48. The molecule has 1 unspecified atom stereocenters. The van der Waals surface area contributed by atoms with Crippen molar-refractivity contribution in [3.63, 3.8) is 0 Å². The summed E-state index contributed by atoms with van der Waals surface area (Å²) in [7, 11) is -1.43. The highest BCUT2D eigenvalue weighted by molar-refractivity contribution is 7.77. The van der Waals surface area contributed by atoms with Crippen LogP contribution >= 0.6 is 7.26 Å². The van der Waals surface area contributed by atoms with Crippen molar-refractivity contribution >= 4 is 18.9 Å². The maximum atomic E-state index is 13.7. The molecule has 0 aromatic heterocycles. The quantitative estimate of drug-likeness (QED) is 0.321. The molecule has 166 valence electrons. The lowest BCUT2D eigenvalue weighted by Crippen LogP contribution is -2.38. The summed E-state index contributed by atoms with van der Waals surface area (Å²) in [6, 6.07) is 3.03. The van der Waals surface area contributed by atoms with Crippen molar-refractivity contribution in [3.05, 3.63) is 29.1 Å². The number of carbonyl (C=O) groups is 1. The molecule has 1 aromatic rings. The Morgan fingerprint density at radius 1 is 0.931 bits per heavy atom. The Bertz CT molecular complexity index is 599. The van der Waals surface area contributed by atoms with E-state index in [-0.39, 0.29) is 17.4 Å². The van der Waals surface area contributed by atoms with Crippen LogP contribution in [-0.2, 0) is 4.79 Å². The second-order valence-electron chi connectivity index (χ2n) is 9.04. The van der Waals surface area contributed by atoms with Crippen molar-refractivity contribution in [2.75, 3.05) is 23.8 Å². The Labute approximate surface area is 179 Å². The molecule has 0 saturated heterocycles. The standard InChI is InChI=1S/C25H43FNOP/c1-8-11-14-29(15-12-9-2,16-13-10-3)24(19(4)5)25(28)27-23-20(6)17-22(26)18-21(23)7/h17-19,24H,8-16H2,1-7H3/p+1. The predicted octanol–water partition coefficient (Wildman–Crippen LogP) is 7.82. The van der Waals surface area contributed by atoms with Crippen LogP contribution in [0.5, 0.6) is 0 Å². The first-order valence-electron chi connectivity index (χ1n) is 11.7. The maximum Gasteiger partial charge on any atom is 0.265 e. The first-order valence-corrected chi connectivity index (χ1v) is 14.1. The van der Waals surface area contributed by atoms with E-state index in [0.717, 1.165) is 16.8 Å². The van der Waals surface area contributed by atoms with Crippen LogP contribution in [0.25, 0.3) is 0 Å². The van der Waals surface area contributed by atoms with E-state index in [4.69, 9.17) is 0 Å². The fourth-order valence-electron chi connectivity index (χ4n) is 4.66. The number of halogens is 1. The van der Waals surface area contributed by atoms with Gasteiger partial charge in [-0.05, 0) is 62.3 Å². The van der Waals surface area contributed by atoms with E-state index in [1.54, 1.807) is 0 Å². The topological polar surface area (TPSA) is 29.1 Å². The Kier molecular flexibility index (Phi) is 11.4. The van der Waals surface area contributed by atoms with Gasteiger partial charge in [-0.2, -0.15) is 0 Å². The van der Waals surface area contributed by atoms with E-state index in [1.807, 2.05) is 13.8 Å². The van der Waals surface area contributed by atoms with E-state index in [2.05, 4.69) is 39.9 Å². The number of hydrogen-bond acceptors (Lipinski definition) is 1. The van der Waals surface area contributed by atoms with E-state index < -0.39 is 7.26 Å². The predicted molar refractivity (Wildman–Crippen MR) is 129 cm³/mol. The summed E-state index contributed by atoms with van der Waals surface area (Å²) in [5, 5.41) is 3.24. The maximum absolute atomic E-state index is 13.7. The Morgan fingerprint density at radius 2 is 1.34 bits per heavy atom. The zero-order valence-corrected chi connectivity index (χ0v) is 20.8. The average Bonchev–Trinajstić information content (AvgIpc) is 2.65. The number of nitrogens with one attached hydrogen (secondary N) is 1. The smallest absolute Gasteiger partial charge is 0.265 e. The number of hydrogen-bond donors (Lipinski definition) is 1. The Morgan fingerprint density at radius 3 is 1.69 bits per heavy atom. The van der Waals surface area contributed by atoms with Gasteiger partial charge in [0.25, 0.3) is 5.91 Å². The fourth-order valence-corrected chi connectivity index (χ4v) is 10.8. The van der Waals surface area contributed by atoms with E-state index in [9.17, 15) is 9.18 Å². The molecule has 4 heteroatoms. The number of aryl methyl sites for hydroxylation is 2. The SMILES string of the molecule is CCCC[P+](CCCC)(CCCC)C(C(=O)Nc1c(C)cc(F)cc1C)C(C)C. The molecule has 0 aliphatic heterocycles. The Hall–Kier alpha value is -0.950. The van der Waals surface area contributed by atoms with E-state index in [1.165, 1.54) is 69.1 Å². The summed E-state index contributed by atoms with van der Waals surface area (Å²) >= 11 is 0. The molecule has 0 spiro atoms. The molecule has 0 aliphatic rings. The van der Waals surface area contributed by atoms with Gasteiger partial charge >= 0.3 is 0 Å². The highest BCUT2D eigenvalue weighted by Crippen LogP contribution is 2.66. The third-order valence-corrected chi connectivity index (χ3v) is 11.7. The summed E-state index contributed by atoms with van der Waals surface area (Å²) < 4.78 is 13.7. The van der Waals surface area contributed by atoms with Crippen LogP contribution in [0, 0.1) is 25.6 Å². The van der Waals surface area contributed by atoms with Crippen LogP contribution in [-0.4, -0.2) is 30.1 Å². The van der Waals surface area contributed by atoms with E-state index in [0.29, 0.717) is 5.92 Å². The minimum atomic E-state index is -1.43. The zero-order valence-electron chi connectivity index (χ0n) is 19.9. The summed E-state index contributed by atoms with van der Waals surface area (Å²) in [5.74, 6) is 0.235. The van der Waals surface area contributed by atoms with Gasteiger partial charge in [-0.25, -0.2) is 4.39 Å². The van der Waals surface area contributed by atoms with Crippen molar-refractivity contribution in [2.45, 2.75) is 92.7 Å². The monoisotopic (exact) mass is 424 g/mol. The summed E-state index contributed by atoms with van der Waals surface area (Å²) in [6.07, 6.45) is 10.9. The van der Waals surface area contributed by atoms with Gasteiger partial charge in [0.05, 0.1) is 18.5 Å². The minimum Gasteiger partial charge on any atom is -0.322 e. The molecular weight excluding hydrogens is 380 g/mol. The first kappa shape index (κ1) is 26.1. The van der Waals surface area contributed by atoms with Crippen molar-refractivity contribution in [1.29, 1.82) is 0 Å². The third kappa shape index (κ3) is 7.35. The number of anilines is 1. The average molecular weight is 425 g/mol. The highest BCUT2D eigenvalue weighted by Gasteiger charge is 2.49. The van der Waals surface area contributed by atoms with Gasteiger partial charge in [-0.3, -0.25) is 4.79 Å². The molecule has 0 fully saturated rings. The minimum absolute atomic E-state index is 0.0796. The second kappa shape index (κ2) is 12.7. The second-order valence-corrected chi connectivity index (χ2v) is 13.4. The normalized spacial score (nSPS) is 13.0. The summed E-state index contributed by atoms with van der Waals surface area (Å²) in [6.45, 7) is 15.0. The van der Waals surface area contributed by atoms with Crippen LogP contribution in [0.3, 0.4) is 0 Å². The lowest BCUT2D eigenvalue weighted by Gasteiger charge is -2.37. The van der Waals surface area contributed by atoms with Gasteiger partial charge in [-0.15, -0.1) is 0 Å². The van der Waals surface area contributed by atoms with Crippen LogP contribution in [0.1, 0.15) is 84.3 Å². The molecule has 1 rings (SSSR count). The van der Waals surface area contributed by atoms with E-state index >= 15 is 0 Å². The van der Waals surface area contributed by atoms with Gasteiger partial charge in [0, 0.05) is 12.9 Å². The summed E-state index contributed by atoms with van der Waals surface area (Å²) in [4.78, 5) is 13.7. The molecule has 0 bridgehead atoms. The van der Waals surface area contributed by atoms with Gasteiger partial charge in [0.1, 0.15) is 11.5 Å². The molecule has 29 heavy (non-hydrogen) atoms. The number of benzene rings is 1. The van der Waals surface area contributed by atoms with Crippen LogP contribution < -0.4 is 5.32 Å². The zero-order chi connectivity index (χ0) is 22.0. The Balaban J connectivity index is 3.32. The van der Waals surface area contributed by atoms with Crippen molar-refractivity contribution in [1.82, 2.24) is 0 Å². The molecule has 0 heterocycles. The molecule has 1 atom stereocenters. The van der Waals surface area contributed by atoms with Gasteiger partial charge in [0.15, 0.2) is 0 Å². The molecule has 0 radical (unpaired) electrons. The molecule has 1 amide bonds. The molecule has 2 nitrogen and oxygen atoms in total. The molecular formula is C25H44FNOP+. The van der Waals surface area contributed by atoms with Gasteiger partial charge in [0.2, 0.25) is 0 Å². The van der Waals surface area contributed by atoms with Crippen molar-refractivity contribution in [2.24, 2.45) is 5.92 Å². The first-order chi connectivity index (χ1) is 13.7. The molecule has 1 N–H and O–H groups in total. The molecule has 1 aromatic carbocycles. The van der Waals surface area contributed by atoms with Crippen LogP contribution in [0.2, 0.25) is 0 Å². The van der Waals surface area contributed by atoms with Crippen molar-refractivity contribution in [3.8, 4) is 0 Å². The molecule has 0 aliphatic carbocycles. The lowest BCUT2D eigenvalue weighted by atomic mass is 10.1. The highest BCUT2D eigenvalue weighted by atomic mass is 31.2. The van der Waals surface area contributed by atoms with Crippen molar-refractivity contribution < 1.29 is 9.18 Å². The third-order valence-electron chi connectivity index (χ3n) is 6.11.